The summed E-state index contributed by atoms with van der Waals surface area (Å²) in [6, 6.07) is 16.7. The molecule has 0 saturated carbocycles. The topological polar surface area (TPSA) is 21.3 Å². The second-order valence-electron chi connectivity index (χ2n) is 6.81. The third-order valence-electron chi connectivity index (χ3n) is 4.79. The van der Waals surface area contributed by atoms with Gasteiger partial charge in [-0.2, -0.15) is 0 Å². The van der Waals surface area contributed by atoms with E-state index < -0.39 is 0 Å². The van der Waals surface area contributed by atoms with Crippen LogP contribution in [-0.4, -0.2) is 19.7 Å². The highest BCUT2D eigenvalue weighted by Gasteiger charge is 2.24. The minimum atomic E-state index is -0.0845. The van der Waals surface area contributed by atoms with Gasteiger partial charge in [-0.25, -0.2) is 0 Å². The van der Waals surface area contributed by atoms with Crippen LogP contribution in [0.15, 0.2) is 48.5 Å². The van der Waals surface area contributed by atoms with Crippen molar-refractivity contribution in [2.45, 2.75) is 25.7 Å². The lowest BCUT2D eigenvalue weighted by molar-refractivity contribution is 0.260. The highest BCUT2D eigenvalue weighted by atomic mass is 35.5. The Labute approximate surface area is 156 Å². The van der Waals surface area contributed by atoms with Crippen molar-refractivity contribution in [3.05, 3.63) is 64.7 Å². The van der Waals surface area contributed by atoms with Gasteiger partial charge in [0.2, 0.25) is 0 Å². The summed E-state index contributed by atoms with van der Waals surface area (Å²) in [5, 5.41) is 4.05. The van der Waals surface area contributed by atoms with Crippen molar-refractivity contribution in [2.24, 2.45) is 5.92 Å². The summed E-state index contributed by atoms with van der Waals surface area (Å²) >= 11 is 6.47. The number of ether oxygens (including phenoxy) is 1. The van der Waals surface area contributed by atoms with E-state index in [1.807, 2.05) is 18.2 Å². The van der Waals surface area contributed by atoms with E-state index in [4.69, 9.17) is 16.3 Å². The summed E-state index contributed by atoms with van der Waals surface area (Å²) in [6.45, 7) is 7.30. The molecule has 2 nitrogen and oxygen atoms in total. The molecule has 1 saturated heterocycles. The third kappa shape index (κ3) is 4.24. The Hall–Kier alpha value is -1.22. The summed E-state index contributed by atoms with van der Waals surface area (Å²) in [7, 11) is 0. The summed E-state index contributed by atoms with van der Waals surface area (Å²) in [5.41, 5.74) is 2.39. The quantitative estimate of drug-likeness (QED) is 0.797. The number of hydrogen-bond acceptors (Lipinski definition) is 2. The Morgan fingerprint density at radius 3 is 2.50 bits per heavy atom. The standard InChI is InChI=1S/C20H24ClNO.ClH/c1-20(2,16-6-4-3-5-7-16)17-8-9-19(18(21)12-17)23-14-15-10-11-22-13-15;/h3-9,12,15,22H,10-11,13-14H2,1-2H3;1H. The zero-order valence-corrected chi connectivity index (χ0v) is 15.8. The fourth-order valence-electron chi connectivity index (χ4n) is 3.09. The van der Waals surface area contributed by atoms with Gasteiger partial charge in [0.25, 0.3) is 0 Å². The Morgan fingerprint density at radius 1 is 1.12 bits per heavy atom. The van der Waals surface area contributed by atoms with Crippen molar-refractivity contribution in [3.63, 3.8) is 0 Å². The van der Waals surface area contributed by atoms with Crippen LogP contribution < -0.4 is 10.1 Å². The van der Waals surface area contributed by atoms with E-state index in [9.17, 15) is 0 Å². The van der Waals surface area contributed by atoms with E-state index >= 15 is 0 Å². The van der Waals surface area contributed by atoms with E-state index in [1.54, 1.807) is 0 Å². The normalized spacial score (nSPS) is 17.4. The molecule has 2 aromatic rings. The molecule has 1 heterocycles. The molecule has 130 valence electrons. The van der Waals surface area contributed by atoms with Gasteiger partial charge in [0.05, 0.1) is 11.6 Å². The van der Waals surface area contributed by atoms with Crippen LogP contribution in [0.2, 0.25) is 5.02 Å². The molecule has 1 fully saturated rings. The van der Waals surface area contributed by atoms with E-state index in [0.29, 0.717) is 10.9 Å². The van der Waals surface area contributed by atoms with Crippen molar-refractivity contribution in [1.82, 2.24) is 5.32 Å². The lowest BCUT2D eigenvalue weighted by Crippen LogP contribution is -2.19. The molecular formula is C20H25Cl2NO. The summed E-state index contributed by atoms with van der Waals surface area (Å²) < 4.78 is 5.92. The molecule has 0 radical (unpaired) electrons. The molecule has 4 heteroatoms. The first-order chi connectivity index (χ1) is 11.1. The van der Waals surface area contributed by atoms with Gasteiger partial charge in [0.1, 0.15) is 5.75 Å². The second-order valence-corrected chi connectivity index (χ2v) is 7.21. The van der Waals surface area contributed by atoms with Gasteiger partial charge in [0, 0.05) is 17.9 Å². The molecule has 1 unspecified atom stereocenters. The van der Waals surface area contributed by atoms with E-state index in [2.05, 4.69) is 49.5 Å². The second kappa shape index (κ2) is 8.24. The fraction of sp³-hybridized carbons (Fsp3) is 0.400. The Balaban J connectivity index is 0.00000208. The van der Waals surface area contributed by atoms with Crippen molar-refractivity contribution in [3.8, 4) is 5.75 Å². The van der Waals surface area contributed by atoms with Crippen LogP contribution in [0.5, 0.6) is 5.75 Å². The zero-order valence-electron chi connectivity index (χ0n) is 14.2. The number of hydrogen-bond donors (Lipinski definition) is 1. The number of benzene rings is 2. The van der Waals surface area contributed by atoms with Crippen molar-refractivity contribution >= 4 is 24.0 Å². The first kappa shape index (κ1) is 19.1. The molecule has 0 spiro atoms. The van der Waals surface area contributed by atoms with Gasteiger partial charge in [-0.3, -0.25) is 0 Å². The minimum Gasteiger partial charge on any atom is -0.492 e. The lowest BCUT2D eigenvalue weighted by atomic mass is 9.78. The number of rotatable bonds is 5. The number of halogens is 2. The maximum Gasteiger partial charge on any atom is 0.137 e. The van der Waals surface area contributed by atoms with Crippen LogP contribution in [-0.2, 0) is 5.41 Å². The highest BCUT2D eigenvalue weighted by Crippen LogP contribution is 2.35. The summed E-state index contributed by atoms with van der Waals surface area (Å²) in [6.07, 6.45) is 1.18. The molecule has 0 aliphatic carbocycles. The number of nitrogens with one attached hydrogen (secondary N) is 1. The molecule has 2 aromatic carbocycles. The SMILES string of the molecule is CC(C)(c1ccccc1)c1ccc(OCC2CCNC2)c(Cl)c1.Cl. The predicted molar refractivity (Wildman–Crippen MR) is 104 cm³/mol. The van der Waals surface area contributed by atoms with E-state index in [1.165, 1.54) is 17.5 Å². The zero-order chi connectivity index (χ0) is 16.3. The lowest BCUT2D eigenvalue weighted by Gasteiger charge is -2.26. The van der Waals surface area contributed by atoms with Crippen LogP contribution in [0, 0.1) is 5.92 Å². The monoisotopic (exact) mass is 365 g/mol. The predicted octanol–water partition coefficient (Wildman–Crippen LogP) is 5.08. The molecule has 0 aromatic heterocycles. The average molecular weight is 366 g/mol. The maximum atomic E-state index is 6.47. The largest absolute Gasteiger partial charge is 0.492 e. The van der Waals surface area contributed by atoms with E-state index in [-0.39, 0.29) is 17.8 Å². The summed E-state index contributed by atoms with van der Waals surface area (Å²) in [4.78, 5) is 0. The Bertz CT molecular complexity index is 652. The first-order valence-electron chi connectivity index (χ1n) is 8.26. The third-order valence-corrected chi connectivity index (χ3v) is 5.08. The van der Waals surface area contributed by atoms with Crippen LogP contribution in [0.1, 0.15) is 31.4 Å². The van der Waals surface area contributed by atoms with Gasteiger partial charge in [-0.15, -0.1) is 12.4 Å². The van der Waals surface area contributed by atoms with Crippen molar-refractivity contribution < 1.29 is 4.74 Å². The molecule has 1 aliphatic rings. The van der Waals surface area contributed by atoms with Crippen molar-refractivity contribution in [1.29, 1.82) is 0 Å². The molecule has 3 rings (SSSR count). The van der Waals surface area contributed by atoms with Crippen LogP contribution in [0.3, 0.4) is 0 Å². The average Bonchev–Trinajstić information content (AvgIpc) is 3.08. The molecular weight excluding hydrogens is 341 g/mol. The van der Waals surface area contributed by atoms with Crippen molar-refractivity contribution in [2.75, 3.05) is 19.7 Å². The summed E-state index contributed by atoms with van der Waals surface area (Å²) in [5.74, 6) is 1.37. The molecule has 24 heavy (non-hydrogen) atoms. The smallest absolute Gasteiger partial charge is 0.137 e. The van der Waals surface area contributed by atoms with Gasteiger partial charge in [-0.05, 0) is 36.2 Å². The molecule has 1 aliphatic heterocycles. The molecule has 1 N–H and O–H groups in total. The maximum absolute atomic E-state index is 6.47. The fourth-order valence-corrected chi connectivity index (χ4v) is 3.33. The van der Waals surface area contributed by atoms with Crippen LogP contribution in [0.25, 0.3) is 0 Å². The van der Waals surface area contributed by atoms with Gasteiger partial charge in [0.15, 0.2) is 0 Å². The van der Waals surface area contributed by atoms with Crippen LogP contribution >= 0.6 is 24.0 Å². The van der Waals surface area contributed by atoms with Gasteiger partial charge >= 0.3 is 0 Å². The van der Waals surface area contributed by atoms with Crippen LogP contribution in [0.4, 0.5) is 0 Å². The highest BCUT2D eigenvalue weighted by molar-refractivity contribution is 6.32. The Kier molecular flexibility index (Phi) is 6.56. The molecule has 0 amide bonds. The Morgan fingerprint density at radius 2 is 1.88 bits per heavy atom. The van der Waals surface area contributed by atoms with Gasteiger partial charge < -0.3 is 10.1 Å². The minimum absolute atomic E-state index is 0. The first-order valence-corrected chi connectivity index (χ1v) is 8.64. The van der Waals surface area contributed by atoms with E-state index in [0.717, 1.165) is 25.4 Å². The van der Waals surface area contributed by atoms with Gasteiger partial charge in [-0.1, -0.05) is 61.8 Å². The molecule has 1 atom stereocenters. The molecule has 0 bridgehead atoms.